The summed E-state index contributed by atoms with van der Waals surface area (Å²) in [6, 6.07) is 9.76. The largest absolute Gasteiger partial charge is 0.507 e. The van der Waals surface area contributed by atoms with E-state index in [0.29, 0.717) is 21.5 Å². The number of hydrogen-bond acceptors (Lipinski definition) is 5. The summed E-state index contributed by atoms with van der Waals surface area (Å²) in [6.07, 6.45) is 1.47. The van der Waals surface area contributed by atoms with E-state index in [9.17, 15) is 9.90 Å². The SMILES string of the molecule is COc1ccc(C(=O)N/N=C\c2ccc(O)c(Br)c2)c(OC)c1. The standard InChI is InChI=1S/C16H15BrN2O4/c1-22-11-4-5-12(15(8-11)23-2)16(21)19-18-9-10-3-6-14(20)13(17)7-10/h3-9,20H,1-2H3,(H,19,21)/b18-9-. The van der Waals surface area contributed by atoms with E-state index in [1.807, 2.05) is 0 Å². The number of hydrogen-bond donors (Lipinski definition) is 2. The highest BCUT2D eigenvalue weighted by molar-refractivity contribution is 9.10. The zero-order chi connectivity index (χ0) is 16.8. The number of benzene rings is 2. The second-order valence-corrected chi connectivity index (χ2v) is 5.33. The van der Waals surface area contributed by atoms with Gasteiger partial charge in [-0.25, -0.2) is 5.43 Å². The smallest absolute Gasteiger partial charge is 0.275 e. The highest BCUT2D eigenvalue weighted by atomic mass is 79.9. The third-order valence-electron chi connectivity index (χ3n) is 3.00. The minimum Gasteiger partial charge on any atom is -0.507 e. The summed E-state index contributed by atoms with van der Waals surface area (Å²) in [5, 5.41) is 13.3. The number of halogens is 1. The number of hydrazone groups is 1. The fourth-order valence-electron chi connectivity index (χ4n) is 1.82. The molecule has 0 aromatic heterocycles. The topological polar surface area (TPSA) is 80.2 Å². The van der Waals surface area contributed by atoms with E-state index in [0.717, 1.165) is 5.56 Å². The number of nitrogens with zero attached hydrogens (tertiary/aromatic N) is 1. The van der Waals surface area contributed by atoms with Crippen molar-refractivity contribution in [2.75, 3.05) is 14.2 Å². The lowest BCUT2D eigenvalue weighted by molar-refractivity contribution is 0.0952. The van der Waals surface area contributed by atoms with Crippen LogP contribution in [0.1, 0.15) is 15.9 Å². The van der Waals surface area contributed by atoms with Gasteiger partial charge in [0.25, 0.3) is 5.91 Å². The lowest BCUT2D eigenvalue weighted by atomic mass is 10.2. The average Bonchev–Trinajstić information content (AvgIpc) is 2.57. The molecule has 0 spiro atoms. The van der Waals surface area contributed by atoms with Crippen LogP contribution in [0.15, 0.2) is 46.0 Å². The molecular weight excluding hydrogens is 364 g/mol. The van der Waals surface area contributed by atoms with Gasteiger partial charge in [-0.05, 0) is 51.8 Å². The fraction of sp³-hybridized carbons (Fsp3) is 0.125. The van der Waals surface area contributed by atoms with Gasteiger partial charge < -0.3 is 14.6 Å². The molecule has 6 nitrogen and oxygen atoms in total. The third-order valence-corrected chi connectivity index (χ3v) is 3.64. The number of methoxy groups -OCH3 is 2. The van der Waals surface area contributed by atoms with Crippen LogP contribution in [0.4, 0.5) is 0 Å². The van der Waals surface area contributed by atoms with Crippen LogP contribution in [-0.2, 0) is 0 Å². The maximum Gasteiger partial charge on any atom is 0.275 e. The van der Waals surface area contributed by atoms with E-state index in [2.05, 4.69) is 26.5 Å². The zero-order valence-corrected chi connectivity index (χ0v) is 14.1. The summed E-state index contributed by atoms with van der Waals surface area (Å²) < 4.78 is 10.8. The Balaban J connectivity index is 2.10. The molecule has 120 valence electrons. The first kappa shape index (κ1) is 16.8. The van der Waals surface area contributed by atoms with E-state index in [-0.39, 0.29) is 5.75 Å². The highest BCUT2D eigenvalue weighted by Crippen LogP contribution is 2.25. The minimum atomic E-state index is -0.404. The Bertz CT molecular complexity index is 747. The van der Waals surface area contributed by atoms with Crippen LogP contribution in [0.5, 0.6) is 17.2 Å². The van der Waals surface area contributed by atoms with Gasteiger partial charge in [0.2, 0.25) is 0 Å². The van der Waals surface area contributed by atoms with Crippen molar-refractivity contribution >= 4 is 28.1 Å². The molecule has 0 saturated carbocycles. The third kappa shape index (κ3) is 4.23. The van der Waals surface area contributed by atoms with Crippen molar-refractivity contribution in [3.8, 4) is 17.2 Å². The average molecular weight is 379 g/mol. The van der Waals surface area contributed by atoms with Gasteiger partial charge in [0.15, 0.2) is 0 Å². The fourth-order valence-corrected chi connectivity index (χ4v) is 2.21. The molecule has 0 aliphatic rings. The Kier molecular flexibility index (Phi) is 5.59. The van der Waals surface area contributed by atoms with E-state index >= 15 is 0 Å². The van der Waals surface area contributed by atoms with Crippen molar-refractivity contribution in [3.05, 3.63) is 52.0 Å². The number of carbonyl (C=O) groups excluding carboxylic acids is 1. The molecule has 0 fully saturated rings. The molecule has 23 heavy (non-hydrogen) atoms. The maximum atomic E-state index is 12.1. The quantitative estimate of drug-likeness (QED) is 0.619. The summed E-state index contributed by atoms with van der Waals surface area (Å²) in [5.74, 6) is 0.716. The molecule has 0 saturated heterocycles. The second kappa shape index (κ2) is 7.64. The van der Waals surface area contributed by atoms with Crippen LogP contribution in [0.2, 0.25) is 0 Å². The van der Waals surface area contributed by atoms with Crippen molar-refractivity contribution in [1.82, 2.24) is 5.43 Å². The summed E-state index contributed by atoms with van der Waals surface area (Å²) in [5.41, 5.74) is 3.49. The summed E-state index contributed by atoms with van der Waals surface area (Å²) in [6.45, 7) is 0. The molecule has 2 N–H and O–H groups in total. The van der Waals surface area contributed by atoms with E-state index in [4.69, 9.17) is 9.47 Å². The lowest BCUT2D eigenvalue weighted by Gasteiger charge is -2.08. The van der Waals surface area contributed by atoms with Crippen molar-refractivity contribution in [2.45, 2.75) is 0 Å². The molecule has 2 rings (SSSR count). The van der Waals surface area contributed by atoms with Gasteiger partial charge in [-0.3, -0.25) is 4.79 Å². The zero-order valence-electron chi connectivity index (χ0n) is 12.5. The number of phenolic OH excluding ortho intramolecular Hbond substituents is 1. The number of rotatable bonds is 5. The van der Waals surface area contributed by atoms with Crippen molar-refractivity contribution < 1.29 is 19.4 Å². The predicted octanol–water partition coefficient (Wildman–Crippen LogP) is 2.94. The van der Waals surface area contributed by atoms with Gasteiger partial charge in [-0.15, -0.1) is 0 Å². The number of phenols is 1. The number of amides is 1. The van der Waals surface area contributed by atoms with Crippen LogP contribution >= 0.6 is 15.9 Å². The summed E-state index contributed by atoms with van der Waals surface area (Å²) in [7, 11) is 3.01. The predicted molar refractivity (Wildman–Crippen MR) is 90.4 cm³/mol. The first-order valence-corrected chi connectivity index (χ1v) is 7.38. The monoisotopic (exact) mass is 378 g/mol. The van der Waals surface area contributed by atoms with Crippen LogP contribution in [-0.4, -0.2) is 31.4 Å². The van der Waals surface area contributed by atoms with Gasteiger partial charge in [-0.2, -0.15) is 5.10 Å². The molecule has 0 unspecified atom stereocenters. The molecule has 0 radical (unpaired) electrons. The van der Waals surface area contributed by atoms with Gasteiger partial charge >= 0.3 is 0 Å². The number of carbonyl (C=O) groups is 1. The van der Waals surface area contributed by atoms with Gasteiger partial charge in [0.1, 0.15) is 17.2 Å². The van der Waals surface area contributed by atoms with Gasteiger partial charge in [-0.1, -0.05) is 0 Å². The van der Waals surface area contributed by atoms with Crippen molar-refractivity contribution in [1.29, 1.82) is 0 Å². The Hall–Kier alpha value is -2.54. The Morgan fingerprint density at radius 3 is 2.65 bits per heavy atom. The number of nitrogens with one attached hydrogen (secondary N) is 1. The lowest BCUT2D eigenvalue weighted by Crippen LogP contribution is -2.18. The van der Waals surface area contributed by atoms with Crippen LogP contribution < -0.4 is 14.9 Å². The van der Waals surface area contributed by atoms with Crippen molar-refractivity contribution in [3.63, 3.8) is 0 Å². The molecule has 0 aliphatic carbocycles. The Morgan fingerprint density at radius 1 is 1.22 bits per heavy atom. The van der Waals surface area contributed by atoms with Gasteiger partial charge in [0.05, 0.1) is 30.5 Å². The van der Waals surface area contributed by atoms with E-state index < -0.39 is 5.91 Å². The number of ether oxygens (including phenoxy) is 2. The normalized spacial score (nSPS) is 10.6. The van der Waals surface area contributed by atoms with E-state index in [1.165, 1.54) is 26.5 Å². The Labute approximate surface area is 141 Å². The van der Waals surface area contributed by atoms with Crippen LogP contribution in [0.25, 0.3) is 0 Å². The molecule has 7 heteroatoms. The molecule has 2 aromatic rings. The van der Waals surface area contributed by atoms with E-state index in [1.54, 1.807) is 30.3 Å². The summed E-state index contributed by atoms with van der Waals surface area (Å²) >= 11 is 3.21. The minimum absolute atomic E-state index is 0.133. The second-order valence-electron chi connectivity index (χ2n) is 4.48. The number of aromatic hydroxyl groups is 1. The van der Waals surface area contributed by atoms with Crippen LogP contribution in [0, 0.1) is 0 Å². The molecule has 0 heterocycles. The first-order chi connectivity index (χ1) is 11.0. The first-order valence-electron chi connectivity index (χ1n) is 6.59. The Morgan fingerprint density at radius 2 is 2.00 bits per heavy atom. The van der Waals surface area contributed by atoms with Gasteiger partial charge in [0, 0.05) is 6.07 Å². The molecule has 0 bridgehead atoms. The molecule has 1 amide bonds. The summed E-state index contributed by atoms with van der Waals surface area (Å²) in [4.78, 5) is 12.1. The molecular formula is C16H15BrN2O4. The highest BCUT2D eigenvalue weighted by Gasteiger charge is 2.12. The molecule has 0 atom stereocenters. The molecule has 2 aromatic carbocycles. The van der Waals surface area contributed by atoms with Crippen molar-refractivity contribution in [2.24, 2.45) is 5.10 Å². The molecule has 0 aliphatic heterocycles. The van der Waals surface area contributed by atoms with Crippen LogP contribution in [0.3, 0.4) is 0 Å². The maximum absolute atomic E-state index is 12.1.